The fraction of sp³-hybridized carbons (Fsp3) is 0.897. The van der Waals surface area contributed by atoms with Crippen LogP contribution in [0.2, 0.25) is 0 Å². The Kier molecular flexibility index (Phi) is 5.53. The summed E-state index contributed by atoms with van der Waals surface area (Å²) in [4.78, 5) is 25.1. The topological polar surface area (TPSA) is 35.5 Å². The molecule has 3 heteroatoms. The molecule has 2 aliphatic heterocycles. The molecule has 4 fully saturated rings. The van der Waals surface area contributed by atoms with E-state index in [9.17, 15) is 4.79 Å². The average Bonchev–Trinajstić information content (AvgIpc) is 3.12. The van der Waals surface area contributed by atoms with Gasteiger partial charge in [-0.3, -0.25) is 4.79 Å². The number of hydrogen-bond acceptors (Lipinski definition) is 3. The van der Waals surface area contributed by atoms with Gasteiger partial charge in [-0.05, 0) is 73.7 Å². The van der Waals surface area contributed by atoms with Crippen LogP contribution in [0.15, 0.2) is 12.2 Å². The highest BCUT2D eigenvalue weighted by Crippen LogP contribution is 2.72. The Morgan fingerprint density at radius 3 is 2.44 bits per heavy atom. The molecule has 32 heavy (non-hydrogen) atoms. The van der Waals surface area contributed by atoms with Gasteiger partial charge in [0.15, 0.2) is 0 Å². The SMILES string of the molecule is CCC(CC[C@@H](C)[C@H]1CC[C@@H]2[C@]1(C)CC[C@H]1[C@]23C=C[C@@]2(CC(=O)CC[C@]12C)OO3)C(C)C. The van der Waals surface area contributed by atoms with Crippen LogP contribution in [0.1, 0.15) is 106 Å². The van der Waals surface area contributed by atoms with Crippen molar-refractivity contribution >= 4 is 5.78 Å². The van der Waals surface area contributed by atoms with E-state index in [-0.39, 0.29) is 11.0 Å². The van der Waals surface area contributed by atoms with Crippen molar-refractivity contribution in [2.75, 3.05) is 0 Å². The number of ketones is 1. The Morgan fingerprint density at radius 2 is 1.78 bits per heavy atom. The lowest BCUT2D eigenvalue weighted by molar-refractivity contribution is -0.492. The second-order valence-corrected chi connectivity index (χ2v) is 13.2. The summed E-state index contributed by atoms with van der Waals surface area (Å²) in [5.41, 5.74) is -0.478. The molecular weight excluding hydrogens is 396 g/mol. The maximum Gasteiger partial charge on any atom is 0.136 e. The first-order valence-corrected chi connectivity index (χ1v) is 13.7. The monoisotopic (exact) mass is 442 g/mol. The van der Waals surface area contributed by atoms with E-state index in [4.69, 9.17) is 9.78 Å². The van der Waals surface area contributed by atoms with Gasteiger partial charge in [-0.15, -0.1) is 0 Å². The molecule has 3 saturated carbocycles. The average molecular weight is 443 g/mol. The first-order chi connectivity index (χ1) is 15.1. The van der Waals surface area contributed by atoms with Crippen molar-refractivity contribution in [3.63, 3.8) is 0 Å². The van der Waals surface area contributed by atoms with Crippen molar-refractivity contribution in [2.24, 2.45) is 46.3 Å². The number of carbonyl (C=O) groups is 1. The lowest BCUT2D eigenvalue weighted by atomic mass is 9.43. The Balaban J connectivity index is 1.40. The summed E-state index contributed by atoms with van der Waals surface area (Å²) in [5.74, 6) is 4.51. The Hall–Kier alpha value is -0.670. The molecule has 0 aromatic carbocycles. The first-order valence-electron chi connectivity index (χ1n) is 13.7. The summed E-state index contributed by atoms with van der Waals surface area (Å²) in [5, 5.41) is 0. The van der Waals surface area contributed by atoms with Gasteiger partial charge in [0.2, 0.25) is 0 Å². The number of Topliss-reactive ketones (excluding diaryl/α,β-unsaturated/α-hetero) is 1. The molecule has 3 nitrogen and oxygen atoms in total. The summed E-state index contributed by atoms with van der Waals surface area (Å²) in [6.45, 7) is 14.7. The van der Waals surface area contributed by atoms with E-state index in [1.54, 1.807) is 0 Å². The quantitative estimate of drug-likeness (QED) is 0.320. The highest BCUT2D eigenvalue weighted by atomic mass is 17.2. The van der Waals surface area contributed by atoms with Crippen LogP contribution in [0.5, 0.6) is 0 Å². The normalized spacial score (nSPS) is 49.0. The Morgan fingerprint density at radius 1 is 1.00 bits per heavy atom. The van der Waals surface area contributed by atoms with E-state index in [1.165, 1.54) is 44.9 Å². The van der Waals surface area contributed by atoms with Crippen LogP contribution in [-0.2, 0) is 14.6 Å². The van der Waals surface area contributed by atoms with Crippen molar-refractivity contribution in [3.05, 3.63) is 12.2 Å². The molecule has 0 amide bonds. The molecule has 0 aromatic rings. The lowest BCUT2D eigenvalue weighted by Gasteiger charge is -2.69. The van der Waals surface area contributed by atoms with Crippen LogP contribution >= 0.6 is 0 Å². The number of hydrogen-bond donors (Lipinski definition) is 0. The zero-order valence-electron chi connectivity index (χ0n) is 21.4. The van der Waals surface area contributed by atoms with Gasteiger partial charge >= 0.3 is 0 Å². The molecule has 0 N–H and O–H groups in total. The van der Waals surface area contributed by atoms with Crippen molar-refractivity contribution in [1.29, 1.82) is 0 Å². The molecule has 9 atom stereocenters. The molecule has 2 heterocycles. The zero-order chi connectivity index (χ0) is 22.9. The lowest BCUT2D eigenvalue weighted by Crippen LogP contribution is -2.73. The molecule has 1 saturated heterocycles. The summed E-state index contributed by atoms with van der Waals surface area (Å²) in [6.07, 6.45) is 15.9. The summed E-state index contributed by atoms with van der Waals surface area (Å²) in [6, 6.07) is 0. The smallest absolute Gasteiger partial charge is 0.136 e. The van der Waals surface area contributed by atoms with Crippen molar-refractivity contribution in [1.82, 2.24) is 0 Å². The third-order valence-electron chi connectivity index (χ3n) is 11.7. The van der Waals surface area contributed by atoms with Crippen LogP contribution < -0.4 is 0 Å². The van der Waals surface area contributed by atoms with E-state index in [1.807, 2.05) is 0 Å². The van der Waals surface area contributed by atoms with Crippen molar-refractivity contribution in [2.45, 2.75) is 117 Å². The second kappa shape index (κ2) is 7.67. The van der Waals surface area contributed by atoms with Gasteiger partial charge < -0.3 is 0 Å². The second-order valence-electron chi connectivity index (χ2n) is 13.2. The molecule has 2 spiro atoms. The van der Waals surface area contributed by atoms with Crippen molar-refractivity contribution < 1.29 is 14.6 Å². The fourth-order valence-electron chi connectivity index (χ4n) is 9.58. The third-order valence-corrected chi connectivity index (χ3v) is 11.7. The predicted molar refractivity (Wildman–Crippen MR) is 128 cm³/mol. The minimum Gasteiger partial charge on any atom is -0.300 e. The van der Waals surface area contributed by atoms with Gasteiger partial charge in [0.25, 0.3) is 0 Å². The fourth-order valence-corrected chi connectivity index (χ4v) is 9.58. The molecule has 180 valence electrons. The Labute approximate surface area is 196 Å². The van der Waals surface area contributed by atoms with Gasteiger partial charge in [0, 0.05) is 30.1 Å². The van der Waals surface area contributed by atoms with E-state index in [2.05, 4.69) is 53.7 Å². The highest BCUT2D eigenvalue weighted by Gasteiger charge is 2.74. The van der Waals surface area contributed by atoms with Gasteiger partial charge in [-0.1, -0.05) is 60.5 Å². The minimum absolute atomic E-state index is 0.0184. The summed E-state index contributed by atoms with van der Waals surface area (Å²) >= 11 is 0. The van der Waals surface area contributed by atoms with E-state index >= 15 is 0 Å². The molecule has 6 aliphatic rings. The van der Waals surface area contributed by atoms with Crippen LogP contribution in [0, 0.1) is 46.3 Å². The first kappa shape index (κ1) is 23.1. The predicted octanol–water partition coefficient (Wildman–Crippen LogP) is 7.30. The number of rotatable bonds is 6. The standard InChI is InChI=1S/C29H46O3/c1-7-21(19(2)3)9-8-20(4)23-10-11-24-26(23,5)14-13-25-27(6)15-12-22(30)18-28(27)16-17-29(24,25)32-31-28/h16-17,19-21,23-25H,7-15,18H2,1-6H3/t20-,21?,23-,24-,25-,26-,27-,28+,29+/m1/s1. The maximum absolute atomic E-state index is 12.4. The summed E-state index contributed by atoms with van der Waals surface area (Å²) < 4.78 is 0. The molecule has 2 bridgehead atoms. The molecule has 4 aliphatic carbocycles. The number of carbonyl (C=O) groups excluding carboxylic acids is 1. The van der Waals surface area contributed by atoms with E-state index in [0.717, 1.165) is 30.1 Å². The van der Waals surface area contributed by atoms with Crippen LogP contribution in [0.4, 0.5) is 0 Å². The zero-order valence-corrected chi connectivity index (χ0v) is 21.4. The van der Waals surface area contributed by atoms with E-state index in [0.29, 0.717) is 35.9 Å². The Bertz CT molecular complexity index is 787. The minimum atomic E-state index is -0.528. The van der Waals surface area contributed by atoms with Gasteiger partial charge in [0.05, 0.1) is 0 Å². The maximum atomic E-state index is 12.4. The molecule has 0 radical (unpaired) electrons. The van der Waals surface area contributed by atoms with Gasteiger partial charge in [-0.25, -0.2) is 9.78 Å². The summed E-state index contributed by atoms with van der Waals surface area (Å²) in [7, 11) is 0. The highest BCUT2D eigenvalue weighted by molar-refractivity contribution is 5.81. The molecule has 6 rings (SSSR count). The van der Waals surface area contributed by atoms with Crippen LogP contribution in [0.25, 0.3) is 0 Å². The third kappa shape index (κ3) is 2.95. The van der Waals surface area contributed by atoms with E-state index < -0.39 is 5.60 Å². The van der Waals surface area contributed by atoms with Crippen LogP contribution in [0.3, 0.4) is 0 Å². The van der Waals surface area contributed by atoms with Gasteiger partial charge in [0.1, 0.15) is 17.0 Å². The van der Waals surface area contributed by atoms with Crippen LogP contribution in [-0.4, -0.2) is 17.0 Å². The molecule has 0 aromatic heterocycles. The van der Waals surface area contributed by atoms with Crippen molar-refractivity contribution in [3.8, 4) is 0 Å². The molecule has 1 unspecified atom stereocenters. The number of fused-ring (bicyclic) bond motifs is 2. The van der Waals surface area contributed by atoms with Gasteiger partial charge in [-0.2, -0.15) is 0 Å². The largest absolute Gasteiger partial charge is 0.300 e. The molecular formula is C29H46O3.